The molecule has 1 heterocycles. The predicted molar refractivity (Wildman–Crippen MR) is 121 cm³/mol. The maximum absolute atomic E-state index is 13.1. The minimum atomic E-state index is -0.252. The molecular formula is C25H31N3O3. The zero-order chi connectivity index (χ0) is 21.4. The maximum Gasteiger partial charge on any atom is 0.307 e. The molecule has 4 aliphatic carbocycles. The Morgan fingerprint density at radius 2 is 1.77 bits per heavy atom. The molecule has 2 aromatic rings. The number of carbonyl (C=O) groups excluding carboxylic acids is 2. The van der Waals surface area contributed by atoms with Crippen molar-refractivity contribution in [3.05, 3.63) is 30.3 Å². The molecule has 4 fully saturated rings. The molecule has 4 bridgehead atoms. The number of nitrogens with one attached hydrogen (secondary N) is 2. The number of esters is 1. The highest BCUT2D eigenvalue weighted by atomic mass is 16.5. The third-order valence-electron chi connectivity index (χ3n) is 7.57. The number of methoxy groups -OCH3 is 1. The van der Waals surface area contributed by atoms with Crippen molar-refractivity contribution in [3.63, 3.8) is 0 Å². The number of amides is 1. The predicted octanol–water partition coefficient (Wildman–Crippen LogP) is 4.75. The number of ether oxygens (including phenoxy) is 1. The molecule has 0 atom stereocenters. The molecule has 6 heteroatoms. The van der Waals surface area contributed by atoms with Gasteiger partial charge in [-0.1, -0.05) is 6.07 Å². The van der Waals surface area contributed by atoms with Crippen LogP contribution in [0.1, 0.15) is 51.4 Å². The Kier molecular flexibility index (Phi) is 5.32. The summed E-state index contributed by atoms with van der Waals surface area (Å²) in [6.07, 6.45) is 8.84. The number of aromatic nitrogens is 1. The second-order valence-corrected chi connectivity index (χ2v) is 9.96. The van der Waals surface area contributed by atoms with Crippen LogP contribution in [-0.4, -0.2) is 30.5 Å². The molecule has 1 aromatic heterocycles. The fraction of sp³-hybridized carbons (Fsp3) is 0.560. The van der Waals surface area contributed by atoms with Crippen LogP contribution in [-0.2, 0) is 14.3 Å². The number of benzene rings is 1. The van der Waals surface area contributed by atoms with Crippen LogP contribution < -0.4 is 10.6 Å². The van der Waals surface area contributed by atoms with E-state index in [1.807, 2.05) is 30.3 Å². The van der Waals surface area contributed by atoms with E-state index >= 15 is 0 Å². The first-order valence-electron chi connectivity index (χ1n) is 11.5. The van der Waals surface area contributed by atoms with Gasteiger partial charge in [-0.25, -0.2) is 4.98 Å². The van der Waals surface area contributed by atoms with Gasteiger partial charge >= 0.3 is 5.97 Å². The molecule has 4 aliphatic rings. The lowest BCUT2D eigenvalue weighted by atomic mass is 9.49. The summed E-state index contributed by atoms with van der Waals surface area (Å²) in [4.78, 5) is 29.0. The number of fused-ring (bicyclic) bond motifs is 1. The van der Waals surface area contributed by atoms with E-state index in [4.69, 9.17) is 0 Å². The van der Waals surface area contributed by atoms with E-state index in [2.05, 4.69) is 20.4 Å². The van der Waals surface area contributed by atoms with Gasteiger partial charge in [-0.05, 0) is 86.0 Å². The van der Waals surface area contributed by atoms with E-state index in [1.54, 1.807) is 0 Å². The van der Waals surface area contributed by atoms with Crippen LogP contribution in [0.2, 0.25) is 0 Å². The van der Waals surface area contributed by atoms with E-state index in [0.29, 0.717) is 18.8 Å². The summed E-state index contributed by atoms with van der Waals surface area (Å²) in [5, 5.41) is 7.26. The Hall–Kier alpha value is -2.63. The van der Waals surface area contributed by atoms with E-state index in [-0.39, 0.29) is 23.7 Å². The summed E-state index contributed by atoms with van der Waals surface area (Å²) >= 11 is 0. The van der Waals surface area contributed by atoms with Crippen molar-refractivity contribution in [1.82, 2.24) is 4.98 Å². The first-order chi connectivity index (χ1) is 15.0. The monoisotopic (exact) mass is 421 g/mol. The van der Waals surface area contributed by atoms with Gasteiger partial charge < -0.3 is 15.4 Å². The van der Waals surface area contributed by atoms with Crippen LogP contribution in [0.4, 0.5) is 11.5 Å². The maximum atomic E-state index is 13.1. The van der Waals surface area contributed by atoms with Gasteiger partial charge in [-0.3, -0.25) is 9.59 Å². The number of anilines is 2. The lowest BCUT2D eigenvalue weighted by Crippen LogP contribution is -2.47. The minimum Gasteiger partial charge on any atom is -0.469 e. The van der Waals surface area contributed by atoms with Gasteiger partial charge in [0.05, 0.1) is 24.7 Å². The van der Waals surface area contributed by atoms with E-state index in [0.717, 1.165) is 34.3 Å². The highest BCUT2D eigenvalue weighted by Crippen LogP contribution is 2.61. The van der Waals surface area contributed by atoms with Gasteiger partial charge in [0.2, 0.25) is 5.91 Å². The summed E-state index contributed by atoms with van der Waals surface area (Å²) < 4.78 is 4.66. The molecule has 0 radical (unpaired) electrons. The average Bonchev–Trinajstić information content (AvgIpc) is 2.72. The van der Waals surface area contributed by atoms with Crippen molar-refractivity contribution < 1.29 is 14.3 Å². The molecule has 0 saturated heterocycles. The van der Waals surface area contributed by atoms with Gasteiger partial charge in [0, 0.05) is 18.4 Å². The fourth-order valence-electron chi connectivity index (χ4n) is 6.80. The minimum absolute atomic E-state index is 0.134. The number of hydrogen-bond donors (Lipinski definition) is 2. The van der Waals surface area contributed by atoms with Crippen molar-refractivity contribution >= 4 is 34.3 Å². The highest BCUT2D eigenvalue weighted by molar-refractivity contribution is 6.01. The quantitative estimate of drug-likeness (QED) is 0.631. The van der Waals surface area contributed by atoms with E-state index in [1.165, 1.54) is 45.6 Å². The Morgan fingerprint density at radius 3 is 2.45 bits per heavy atom. The molecule has 164 valence electrons. The van der Waals surface area contributed by atoms with Gasteiger partial charge in [0.15, 0.2) is 0 Å². The Bertz CT molecular complexity index is 967. The summed E-state index contributed by atoms with van der Waals surface area (Å²) in [5.41, 5.74) is 1.87. The van der Waals surface area contributed by atoms with Crippen molar-refractivity contribution in [2.75, 3.05) is 24.3 Å². The van der Waals surface area contributed by atoms with Crippen molar-refractivity contribution in [2.45, 2.75) is 51.4 Å². The molecule has 1 amide bonds. The Labute approximate surface area is 183 Å². The third kappa shape index (κ3) is 4.25. The Morgan fingerprint density at radius 1 is 1.06 bits per heavy atom. The third-order valence-corrected chi connectivity index (χ3v) is 7.57. The molecule has 0 spiro atoms. The second-order valence-electron chi connectivity index (χ2n) is 9.96. The van der Waals surface area contributed by atoms with Gasteiger partial charge in [0.1, 0.15) is 5.82 Å². The number of hydrogen-bond acceptors (Lipinski definition) is 5. The first kappa shape index (κ1) is 20.3. The summed E-state index contributed by atoms with van der Waals surface area (Å²) in [5.74, 6) is 3.14. The smallest absolute Gasteiger partial charge is 0.307 e. The Balaban J connectivity index is 1.26. The van der Waals surface area contributed by atoms with Crippen LogP contribution in [0.5, 0.6) is 0 Å². The summed E-state index contributed by atoms with van der Waals surface area (Å²) in [7, 11) is 1.38. The molecule has 6 rings (SSSR count). The molecule has 2 N–H and O–H groups in total. The lowest BCUT2D eigenvalue weighted by Gasteiger charge is -2.56. The number of rotatable bonds is 7. The van der Waals surface area contributed by atoms with Crippen LogP contribution in [0.25, 0.3) is 10.9 Å². The van der Waals surface area contributed by atoms with Crippen molar-refractivity contribution in [1.29, 1.82) is 0 Å². The SMILES string of the molecule is COC(=O)CCNc1ccc2c(NC(=O)CC34CC5CC(CC(C5)C3)C4)cccc2n1. The first-order valence-corrected chi connectivity index (χ1v) is 11.5. The van der Waals surface area contributed by atoms with E-state index in [9.17, 15) is 9.59 Å². The highest BCUT2D eigenvalue weighted by Gasteiger charge is 2.51. The molecule has 6 nitrogen and oxygen atoms in total. The normalized spacial score (nSPS) is 28.5. The molecule has 1 aromatic carbocycles. The number of carbonyl (C=O) groups is 2. The topological polar surface area (TPSA) is 80.3 Å². The van der Waals surface area contributed by atoms with Crippen molar-refractivity contribution in [2.24, 2.45) is 23.2 Å². The zero-order valence-corrected chi connectivity index (χ0v) is 18.2. The molecule has 0 unspecified atom stereocenters. The van der Waals surface area contributed by atoms with Crippen LogP contribution in [0.15, 0.2) is 30.3 Å². The van der Waals surface area contributed by atoms with E-state index < -0.39 is 0 Å². The molecule has 4 saturated carbocycles. The lowest BCUT2D eigenvalue weighted by molar-refractivity contribution is -0.140. The fourth-order valence-corrected chi connectivity index (χ4v) is 6.80. The van der Waals surface area contributed by atoms with Crippen LogP contribution in [0, 0.1) is 23.2 Å². The van der Waals surface area contributed by atoms with Gasteiger partial charge in [0.25, 0.3) is 0 Å². The van der Waals surface area contributed by atoms with Crippen LogP contribution in [0.3, 0.4) is 0 Å². The number of pyridine rings is 1. The van der Waals surface area contributed by atoms with Crippen molar-refractivity contribution in [3.8, 4) is 0 Å². The molecular weight excluding hydrogens is 390 g/mol. The van der Waals surface area contributed by atoms with Gasteiger partial charge in [-0.2, -0.15) is 0 Å². The average molecular weight is 422 g/mol. The molecule has 31 heavy (non-hydrogen) atoms. The van der Waals surface area contributed by atoms with Gasteiger partial charge in [-0.15, -0.1) is 0 Å². The zero-order valence-electron chi connectivity index (χ0n) is 18.2. The number of nitrogens with zero attached hydrogens (tertiary/aromatic N) is 1. The summed E-state index contributed by atoms with van der Waals surface area (Å²) in [6.45, 7) is 0.465. The molecule has 0 aliphatic heterocycles. The second kappa shape index (κ2) is 8.13. The largest absolute Gasteiger partial charge is 0.469 e. The summed E-state index contributed by atoms with van der Waals surface area (Å²) in [6, 6.07) is 9.67. The standard InChI is InChI=1S/C25H31N3O3/c1-31-24(30)7-8-26-22-6-5-19-20(27-22)3-2-4-21(19)28-23(29)15-25-12-16-9-17(13-25)11-18(10-16)14-25/h2-6,16-18H,7-15H2,1H3,(H,26,27)(H,28,29). The van der Waals surface area contributed by atoms with Crippen LogP contribution >= 0.6 is 0 Å².